The molecule has 4 nitrogen and oxygen atoms in total. The lowest BCUT2D eigenvalue weighted by Crippen LogP contribution is -2.52. The van der Waals surface area contributed by atoms with E-state index in [0.717, 1.165) is 23.5 Å². The highest BCUT2D eigenvalue weighted by molar-refractivity contribution is 9.10. The molecular formula is C8H10BrN3O. The van der Waals surface area contributed by atoms with Crippen molar-refractivity contribution in [2.75, 3.05) is 25.1 Å². The van der Waals surface area contributed by atoms with Gasteiger partial charge < -0.3 is 9.64 Å². The first-order valence-corrected chi connectivity index (χ1v) is 4.84. The molecule has 13 heavy (non-hydrogen) atoms. The van der Waals surface area contributed by atoms with E-state index in [1.807, 2.05) is 0 Å². The Hall–Kier alpha value is -0.680. The van der Waals surface area contributed by atoms with Gasteiger partial charge in [0.25, 0.3) is 0 Å². The summed E-state index contributed by atoms with van der Waals surface area (Å²) in [6.45, 7) is 1.81. The molecule has 0 radical (unpaired) electrons. The minimum Gasteiger partial charge on any atom is -0.378 e. The lowest BCUT2D eigenvalue weighted by atomic mass is 10.2. The molecule has 1 saturated heterocycles. The number of anilines is 1. The summed E-state index contributed by atoms with van der Waals surface area (Å²) in [7, 11) is 1.73. The molecule has 0 amide bonds. The minimum atomic E-state index is 0.348. The Balaban J connectivity index is 2.03. The van der Waals surface area contributed by atoms with Crippen LogP contribution >= 0.6 is 15.9 Å². The molecule has 70 valence electrons. The average Bonchev–Trinajstić information content (AvgIpc) is 2.02. The molecule has 0 spiro atoms. The highest BCUT2D eigenvalue weighted by Crippen LogP contribution is 2.20. The highest BCUT2D eigenvalue weighted by Gasteiger charge is 2.27. The first-order valence-electron chi connectivity index (χ1n) is 4.05. The van der Waals surface area contributed by atoms with E-state index in [2.05, 4.69) is 30.8 Å². The zero-order valence-electron chi connectivity index (χ0n) is 7.27. The van der Waals surface area contributed by atoms with E-state index >= 15 is 0 Å². The van der Waals surface area contributed by atoms with Gasteiger partial charge in [0.05, 0.1) is 18.5 Å². The van der Waals surface area contributed by atoms with Gasteiger partial charge in [-0.3, -0.25) is 4.98 Å². The van der Waals surface area contributed by atoms with Crippen LogP contribution in [0.3, 0.4) is 0 Å². The van der Waals surface area contributed by atoms with Crippen molar-refractivity contribution in [1.29, 1.82) is 0 Å². The van der Waals surface area contributed by atoms with Crippen LogP contribution in [-0.2, 0) is 4.74 Å². The molecule has 1 fully saturated rings. The normalized spacial score (nSPS) is 17.2. The minimum absolute atomic E-state index is 0.348. The maximum absolute atomic E-state index is 5.17. The monoisotopic (exact) mass is 243 g/mol. The molecule has 0 unspecified atom stereocenters. The first kappa shape index (κ1) is 8.90. The van der Waals surface area contributed by atoms with Gasteiger partial charge in [-0.15, -0.1) is 0 Å². The van der Waals surface area contributed by atoms with Crippen LogP contribution in [-0.4, -0.2) is 36.3 Å². The van der Waals surface area contributed by atoms with Crippen molar-refractivity contribution in [2.24, 2.45) is 0 Å². The maximum atomic E-state index is 5.17. The van der Waals surface area contributed by atoms with Crippen LogP contribution in [0.25, 0.3) is 0 Å². The Kier molecular flexibility index (Phi) is 2.46. The molecule has 1 aromatic rings. The van der Waals surface area contributed by atoms with E-state index in [4.69, 9.17) is 4.74 Å². The smallest absolute Gasteiger partial charge is 0.148 e. The second-order valence-corrected chi connectivity index (χ2v) is 3.78. The Morgan fingerprint density at radius 3 is 2.92 bits per heavy atom. The number of methoxy groups -OCH3 is 1. The number of ether oxygens (including phenoxy) is 1. The van der Waals surface area contributed by atoms with Crippen LogP contribution in [0.5, 0.6) is 0 Å². The number of hydrogen-bond donors (Lipinski definition) is 0. The third-order valence-corrected chi connectivity index (χ3v) is 2.48. The van der Waals surface area contributed by atoms with Gasteiger partial charge in [-0.25, -0.2) is 4.98 Å². The van der Waals surface area contributed by atoms with E-state index < -0.39 is 0 Å². The summed E-state index contributed by atoms with van der Waals surface area (Å²) in [5.74, 6) is 0.905. The number of nitrogens with zero attached hydrogens (tertiary/aromatic N) is 3. The Morgan fingerprint density at radius 2 is 2.31 bits per heavy atom. The largest absolute Gasteiger partial charge is 0.378 e. The van der Waals surface area contributed by atoms with Crippen LogP contribution in [0.15, 0.2) is 17.0 Å². The molecule has 0 atom stereocenters. The fourth-order valence-corrected chi connectivity index (χ4v) is 1.56. The van der Waals surface area contributed by atoms with Crippen LogP contribution in [0.4, 0.5) is 5.82 Å². The summed E-state index contributed by atoms with van der Waals surface area (Å²) in [6.07, 6.45) is 3.79. The highest BCUT2D eigenvalue weighted by atomic mass is 79.9. The Labute approximate surface area is 85.1 Å². The first-order chi connectivity index (χ1) is 6.29. The standard InChI is InChI=1S/C8H10BrN3O/c1-13-6-4-12(5-6)8-3-10-2-7(9)11-8/h2-3,6H,4-5H2,1H3. The number of aromatic nitrogens is 2. The van der Waals surface area contributed by atoms with Crippen molar-refractivity contribution in [3.05, 3.63) is 17.0 Å². The topological polar surface area (TPSA) is 38.2 Å². The third-order valence-electron chi connectivity index (χ3n) is 2.10. The van der Waals surface area contributed by atoms with Crippen molar-refractivity contribution in [1.82, 2.24) is 9.97 Å². The molecule has 0 N–H and O–H groups in total. The van der Waals surface area contributed by atoms with Gasteiger partial charge in [0.15, 0.2) is 0 Å². The molecule has 1 aromatic heterocycles. The summed E-state index contributed by atoms with van der Waals surface area (Å²) in [5, 5.41) is 0. The van der Waals surface area contributed by atoms with E-state index in [1.54, 1.807) is 19.5 Å². The van der Waals surface area contributed by atoms with Gasteiger partial charge in [-0.05, 0) is 15.9 Å². The molecule has 0 saturated carbocycles. The second-order valence-electron chi connectivity index (χ2n) is 2.96. The predicted octanol–water partition coefficient (Wildman–Crippen LogP) is 1.07. The zero-order chi connectivity index (χ0) is 9.26. The van der Waals surface area contributed by atoms with Gasteiger partial charge in [0.2, 0.25) is 0 Å². The number of rotatable bonds is 2. The average molecular weight is 244 g/mol. The number of halogens is 1. The molecule has 0 aromatic carbocycles. The lowest BCUT2D eigenvalue weighted by Gasteiger charge is -2.38. The van der Waals surface area contributed by atoms with Crippen LogP contribution in [0.1, 0.15) is 0 Å². The molecule has 0 aliphatic carbocycles. The predicted molar refractivity (Wildman–Crippen MR) is 52.7 cm³/mol. The van der Waals surface area contributed by atoms with Crippen molar-refractivity contribution in [2.45, 2.75) is 6.10 Å². The molecule has 1 aliphatic heterocycles. The Morgan fingerprint density at radius 1 is 1.54 bits per heavy atom. The SMILES string of the molecule is COC1CN(c2cncc(Br)n2)C1. The van der Waals surface area contributed by atoms with Crippen LogP contribution in [0, 0.1) is 0 Å². The summed E-state index contributed by atoms with van der Waals surface area (Å²) >= 11 is 3.28. The fourth-order valence-electron chi connectivity index (χ4n) is 1.26. The number of hydrogen-bond acceptors (Lipinski definition) is 4. The van der Waals surface area contributed by atoms with Gasteiger partial charge in [0, 0.05) is 20.2 Å². The molecular weight excluding hydrogens is 234 g/mol. The van der Waals surface area contributed by atoms with Crippen molar-refractivity contribution >= 4 is 21.7 Å². The van der Waals surface area contributed by atoms with Crippen molar-refractivity contribution in [3.8, 4) is 0 Å². The summed E-state index contributed by atoms with van der Waals surface area (Å²) < 4.78 is 5.94. The zero-order valence-corrected chi connectivity index (χ0v) is 8.86. The van der Waals surface area contributed by atoms with Gasteiger partial charge in [-0.1, -0.05) is 0 Å². The lowest BCUT2D eigenvalue weighted by molar-refractivity contribution is 0.0782. The van der Waals surface area contributed by atoms with Crippen LogP contribution in [0.2, 0.25) is 0 Å². The van der Waals surface area contributed by atoms with Gasteiger partial charge in [-0.2, -0.15) is 0 Å². The van der Waals surface area contributed by atoms with Crippen LogP contribution < -0.4 is 4.90 Å². The van der Waals surface area contributed by atoms with E-state index in [-0.39, 0.29) is 0 Å². The quantitative estimate of drug-likeness (QED) is 0.780. The Bertz CT molecular complexity index is 301. The third kappa shape index (κ3) is 1.81. The maximum Gasteiger partial charge on any atom is 0.148 e. The molecule has 0 bridgehead atoms. The van der Waals surface area contributed by atoms with E-state index in [9.17, 15) is 0 Å². The molecule has 2 rings (SSSR count). The second kappa shape index (κ2) is 3.59. The van der Waals surface area contributed by atoms with Gasteiger partial charge in [0.1, 0.15) is 10.4 Å². The van der Waals surface area contributed by atoms with E-state index in [0.29, 0.717) is 6.10 Å². The summed E-state index contributed by atoms with van der Waals surface area (Å²) in [6, 6.07) is 0. The summed E-state index contributed by atoms with van der Waals surface area (Å²) in [4.78, 5) is 10.5. The van der Waals surface area contributed by atoms with Crippen molar-refractivity contribution < 1.29 is 4.74 Å². The molecule has 1 aliphatic rings. The van der Waals surface area contributed by atoms with Gasteiger partial charge >= 0.3 is 0 Å². The van der Waals surface area contributed by atoms with Crippen molar-refractivity contribution in [3.63, 3.8) is 0 Å². The molecule has 2 heterocycles. The van der Waals surface area contributed by atoms with E-state index in [1.165, 1.54) is 0 Å². The fraction of sp³-hybridized carbons (Fsp3) is 0.500. The summed E-state index contributed by atoms with van der Waals surface area (Å²) in [5.41, 5.74) is 0. The molecule has 5 heteroatoms.